The molecule has 0 radical (unpaired) electrons. The molecule has 1 aromatic rings. The molecule has 1 aliphatic carbocycles. The number of hydrogen-bond donors (Lipinski definition) is 1. The van der Waals surface area contributed by atoms with Gasteiger partial charge in [-0.3, -0.25) is 9.11 Å². The Morgan fingerprint density at radius 3 is 2.42 bits per heavy atom. The van der Waals surface area contributed by atoms with Crippen LogP contribution in [0, 0.1) is 22.7 Å². The lowest BCUT2D eigenvalue weighted by molar-refractivity contribution is -0.111. The summed E-state index contributed by atoms with van der Waals surface area (Å²) < 4.78 is 22.6. The molecule has 0 saturated heterocycles. The van der Waals surface area contributed by atoms with Crippen molar-refractivity contribution in [3.8, 4) is 0 Å². The zero-order chi connectivity index (χ0) is 31.3. The van der Waals surface area contributed by atoms with Gasteiger partial charge in [0.25, 0.3) is 0 Å². The van der Waals surface area contributed by atoms with Gasteiger partial charge < -0.3 is 19.7 Å². The predicted molar refractivity (Wildman–Crippen MR) is 176 cm³/mol. The highest BCUT2D eigenvalue weighted by Gasteiger charge is 2.50. The van der Waals surface area contributed by atoms with E-state index in [0.717, 1.165) is 35.2 Å². The largest absolute Gasteiger partial charge is 0.588 e. The van der Waals surface area contributed by atoms with Crippen molar-refractivity contribution >= 4 is 24.4 Å². The highest BCUT2D eigenvalue weighted by molar-refractivity contribution is 6.47. The van der Waals surface area contributed by atoms with E-state index in [0.29, 0.717) is 17.5 Å². The Labute approximate surface area is 258 Å². The van der Waals surface area contributed by atoms with Gasteiger partial charge in [-0.1, -0.05) is 90.6 Å². The number of allylic oxidation sites excluding steroid dienone is 2. The minimum atomic E-state index is -1.28. The standard InChI is InChI=1S/C36H47BFN3O2/c1-10-31(42)39-27-16-13-24(14-17-27)32-30-12-11-19-40(30)37(38)41-28(20-23(2)33(32)41)18-15-25-21-26(35(3,4)5)22-29(34(25)43-9)36(6,7)8/h10-11,13-21,26,28-30,34H,1,12,22H2,2-9H3,(H,39,42)/b18-15+. The minimum Gasteiger partial charge on any atom is -0.376 e. The van der Waals surface area contributed by atoms with Gasteiger partial charge in [-0.2, -0.15) is 0 Å². The van der Waals surface area contributed by atoms with Crippen LogP contribution in [0.1, 0.15) is 66.9 Å². The molecular formula is C36H47BFN3O2. The lowest BCUT2D eigenvalue weighted by Gasteiger charge is -2.45. The third-order valence-electron chi connectivity index (χ3n) is 9.64. The predicted octanol–water partition coefficient (Wildman–Crippen LogP) is 7.93. The number of rotatable bonds is 6. The second kappa shape index (κ2) is 11.6. The number of benzene rings is 1. The van der Waals surface area contributed by atoms with E-state index in [1.54, 1.807) is 0 Å². The molecule has 0 spiro atoms. The van der Waals surface area contributed by atoms with Crippen LogP contribution in [0.5, 0.6) is 0 Å². The highest BCUT2D eigenvalue weighted by Crippen LogP contribution is 2.48. The third-order valence-corrected chi connectivity index (χ3v) is 9.64. The second-order valence-electron chi connectivity index (χ2n) is 14.5. The number of fused-ring (bicyclic) bond motifs is 2. The Morgan fingerprint density at radius 2 is 1.81 bits per heavy atom. The maximum atomic E-state index is 16.4. The van der Waals surface area contributed by atoms with Gasteiger partial charge in [0, 0.05) is 24.1 Å². The number of hydrogen-bond acceptors (Lipinski definition) is 4. The Bertz CT molecular complexity index is 1410. The van der Waals surface area contributed by atoms with E-state index in [9.17, 15) is 4.79 Å². The molecule has 228 valence electrons. The molecular weight excluding hydrogens is 536 g/mol. The summed E-state index contributed by atoms with van der Waals surface area (Å²) in [5.41, 5.74) is 6.26. The average Bonchev–Trinajstić information content (AvgIpc) is 3.56. The minimum absolute atomic E-state index is 0.0135. The highest BCUT2D eigenvalue weighted by atomic mass is 19.1. The number of ether oxygens (including phenoxy) is 1. The van der Waals surface area contributed by atoms with Crippen molar-refractivity contribution in [2.24, 2.45) is 22.7 Å². The Morgan fingerprint density at radius 1 is 1.12 bits per heavy atom. The molecule has 0 fully saturated rings. The van der Waals surface area contributed by atoms with Crippen LogP contribution in [0.3, 0.4) is 0 Å². The topological polar surface area (TPSA) is 44.8 Å². The Kier molecular flexibility index (Phi) is 8.43. The molecule has 0 saturated carbocycles. The number of halogens is 1. The van der Waals surface area contributed by atoms with Crippen LogP contribution in [0.15, 0.2) is 90.3 Å². The lowest BCUT2D eigenvalue weighted by Crippen LogP contribution is -2.55. The van der Waals surface area contributed by atoms with Gasteiger partial charge in [0.1, 0.15) is 0 Å². The molecule has 3 aliphatic heterocycles. The first-order chi connectivity index (χ1) is 20.2. The van der Waals surface area contributed by atoms with Crippen molar-refractivity contribution in [3.63, 3.8) is 0 Å². The van der Waals surface area contributed by atoms with Crippen LogP contribution >= 0.6 is 0 Å². The van der Waals surface area contributed by atoms with E-state index in [-0.39, 0.29) is 34.9 Å². The molecule has 5 atom stereocenters. The first-order valence-corrected chi connectivity index (χ1v) is 15.5. The summed E-state index contributed by atoms with van der Waals surface area (Å²) >= 11 is 0. The first-order valence-electron chi connectivity index (χ1n) is 15.5. The quantitative estimate of drug-likeness (QED) is 0.273. The maximum absolute atomic E-state index is 16.4. The summed E-state index contributed by atoms with van der Waals surface area (Å²) in [6.07, 6.45) is 15.9. The summed E-state index contributed by atoms with van der Waals surface area (Å²) in [5.74, 6) is 0.540. The summed E-state index contributed by atoms with van der Waals surface area (Å²) in [4.78, 5) is 15.6. The van der Waals surface area contributed by atoms with Gasteiger partial charge in [-0.25, -0.2) is 0 Å². The van der Waals surface area contributed by atoms with Crippen molar-refractivity contribution in [2.45, 2.75) is 79.5 Å². The van der Waals surface area contributed by atoms with Gasteiger partial charge in [0.2, 0.25) is 5.91 Å². The van der Waals surface area contributed by atoms with E-state index in [2.05, 4.69) is 90.7 Å². The van der Waals surface area contributed by atoms with Crippen molar-refractivity contribution < 1.29 is 13.8 Å². The molecule has 43 heavy (non-hydrogen) atoms. The van der Waals surface area contributed by atoms with Crippen LogP contribution in [0.4, 0.5) is 10.0 Å². The smallest absolute Gasteiger partial charge is 0.376 e. The van der Waals surface area contributed by atoms with Gasteiger partial charge in [0.15, 0.2) is 0 Å². The van der Waals surface area contributed by atoms with Crippen molar-refractivity contribution in [1.82, 2.24) is 9.62 Å². The zero-order valence-corrected chi connectivity index (χ0v) is 27.0. The summed E-state index contributed by atoms with van der Waals surface area (Å²) in [5, 5.41) is 2.82. The molecule has 5 nitrogen and oxygen atoms in total. The maximum Gasteiger partial charge on any atom is 0.588 e. The summed E-state index contributed by atoms with van der Waals surface area (Å²) in [7, 11) is 0.533. The Balaban J connectivity index is 1.52. The van der Waals surface area contributed by atoms with Crippen LogP contribution < -0.4 is 5.32 Å². The van der Waals surface area contributed by atoms with Crippen molar-refractivity contribution in [2.75, 3.05) is 12.4 Å². The van der Waals surface area contributed by atoms with Crippen LogP contribution in [0.2, 0.25) is 0 Å². The van der Waals surface area contributed by atoms with E-state index in [1.807, 2.05) is 47.2 Å². The normalized spacial score (nSPS) is 27.4. The molecule has 5 rings (SSSR count). The molecule has 1 aromatic carbocycles. The van der Waals surface area contributed by atoms with Gasteiger partial charge in [-0.05, 0) is 83.5 Å². The number of nitrogens with one attached hydrogen (secondary N) is 1. The second-order valence-corrected chi connectivity index (χ2v) is 14.5. The molecule has 3 heterocycles. The van der Waals surface area contributed by atoms with Gasteiger partial charge in [-0.15, -0.1) is 0 Å². The molecule has 7 heteroatoms. The van der Waals surface area contributed by atoms with Crippen molar-refractivity contribution in [1.29, 1.82) is 0 Å². The molecule has 0 aromatic heterocycles. The van der Waals surface area contributed by atoms with Crippen LogP contribution in [-0.4, -0.2) is 48.1 Å². The first kappa shape index (κ1) is 31.1. The van der Waals surface area contributed by atoms with Crippen LogP contribution in [-0.2, 0) is 9.53 Å². The summed E-state index contributed by atoms with van der Waals surface area (Å²) in [6.45, 7) is 19.5. The number of carbonyl (C=O) groups excluding carboxylic acids is 1. The molecule has 5 unspecified atom stereocenters. The molecule has 1 amide bonds. The fourth-order valence-corrected chi connectivity index (χ4v) is 7.19. The molecule has 1 N–H and O–H groups in total. The number of methoxy groups -OCH3 is 1. The molecule has 0 bridgehead atoms. The van der Waals surface area contributed by atoms with E-state index in [1.165, 1.54) is 11.6 Å². The number of nitrogens with zero attached hydrogens (tertiary/aromatic N) is 2. The van der Waals surface area contributed by atoms with E-state index >= 15 is 4.32 Å². The average molecular weight is 584 g/mol. The van der Waals surface area contributed by atoms with E-state index in [4.69, 9.17) is 4.74 Å². The summed E-state index contributed by atoms with van der Waals surface area (Å²) in [6, 6.07) is 7.50. The fourth-order valence-electron chi connectivity index (χ4n) is 7.19. The fraction of sp³-hybridized carbons (Fsp3) is 0.472. The Hall–Kier alpha value is -3.32. The third kappa shape index (κ3) is 5.93. The zero-order valence-electron chi connectivity index (χ0n) is 27.0. The number of carbonyl (C=O) groups is 1. The van der Waals surface area contributed by atoms with Gasteiger partial charge >= 0.3 is 7.26 Å². The van der Waals surface area contributed by atoms with Crippen LogP contribution in [0.25, 0.3) is 5.57 Å². The lowest BCUT2D eigenvalue weighted by atomic mass is 9.63. The van der Waals surface area contributed by atoms with Crippen molar-refractivity contribution in [3.05, 3.63) is 95.9 Å². The number of amides is 1. The molecule has 4 aliphatic rings. The monoisotopic (exact) mass is 583 g/mol. The van der Waals surface area contributed by atoms with E-state index < -0.39 is 7.26 Å². The van der Waals surface area contributed by atoms with Gasteiger partial charge in [0.05, 0.1) is 18.2 Å². The SMILES string of the molecule is C=CC(=O)Nc1ccc(C2=C3C(C)=CC(/C=C/C4=CC(C(C)(C)C)CC(C(C)(C)C)C4OC)N3B(F)N3C=CCC23)cc1. The number of anilines is 1.